The first-order chi connectivity index (χ1) is 7.29. The zero-order chi connectivity index (χ0) is 10.7. The normalized spacial score (nSPS) is 9.93. The fourth-order valence-corrected chi connectivity index (χ4v) is 1.23. The van der Waals surface area contributed by atoms with E-state index in [0.29, 0.717) is 12.2 Å². The first kappa shape index (κ1) is 9.52. The van der Waals surface area contributed by atoms with Crippen LogP contribution in [-0.2, 0) is 0 Å². The molecule has 0 aliphatic carbocycles. The summed E-state index contributed by atoms with van der Waals surface area (Å²) in [7, 11) is 0. The number of ether oxygens (including phenoxy) is 1. The molecule has 15 heavy (non-hydrogen) atoms. The van der Waals surface area contributed by atoms with Gasteiger partial charge < -0.3 is 9.15 Å². The maximum Gasteiger partial charge on any atom is 0.290 e. The van der Waals surface area contributed by atoms with Crippen molar-refractivity contribution >= 4 is 6.29 Å². The van der Waals surface area contributed by atoms with Gasteiger partial charge in [0.25, 0.3) is 5.95 Å². The number of hydrogen-bond acceptors (Lipinski definition) is 3. The van der Waals surface area contributed by atoms with Gasteiger partial charge in [0.1, 0.15) is 5.75 Å². The number of aldehydes is 1. The average molecular weight is 202 g/mol. The van der Waals surface area contributed by atoms with Crippen molar-refractivity contribution in [1.29, 1.82) is 0 Å². The molecule has 76 valence electrons. The van der Waals surface area contributed by atoms with E-state index < -0.39 is 0 Å². The molecule has 0 unspecified atom stereocenters. The van der Waals surface area contributed by atoms with Gasteiger partial charge in [-0.25, -0.2) is 0 Å². The van der Waals surface area contributed by atoms with Crippen LogP contribution in [0, 0.1) is 6.92 Å². The van der Waals surface area contributed by atoms with Crippen molar-refractivity contribution in [1.82, 2.24) is 0 Å². The lowest BCUT2D eigenvalue weighted by Crippen LogP contribution is -1.84. The van der Waals surface area contributed by atoms with Crippen LogP contribution in [-0.4, -0.2) is 6.29 Å². The Labute approximate surface area is 87.3 Å². The second-order valence-electron chi connectivity index (χ2n) is 3.14. The summed E-state index contributed by atoms with van der Waals surface area (Å²) in [5.41, 5.74) is 1.02. The topological polar surface area (TPSA) is 39.4 Å². The van der Waals surface area contributed by atoms with Gasteiger partial charge in [-0.1, -0.05) is 18.2 Å². The van der Waals surface area contributed by atoms with E-state index >= 15 is 0 Å². The lowest BCUT2D eigenvalue weighted by Gasteiger charge is -2.04. The Bertz CT molecular complexity index is 471. The van der Waals surface area contributed by atoms with Crippen molar-refractivity contribution in [3.8, 4) is 11.7 Å². The molecule has 2 aromatic rings. The minimum absolute atomic E-state index is 0.263. The molecular formula is C12H10O3. The molecule has 0 fully saturated rings. The Hall–Kier alpha value is -2.03. The van der Waals surface area contributed by atoms with E-state index in [-0.39, 0.29) is 5.76 Å². The van der Waals surface area contributed by atoms with Crippen LogP contribution < -0.4 is 4.74 Å². The summed E-state index contributed by atoms with van der Waals surface area (Å²) < 4.78 is 10.6. The number of rotatable bonds is 3. The molecule has 2 rings (SSSR count). The number of carbonyl (C=O) groups excluding carboxylic acids is 1. The van der Waals surface area contributed by atoms with E-state index in [4.69, 9.17) is 9.15 Å². The molecule has 0 aliphatic rings. The molecule has 0 saturated heterocycles. The quantitative estimate of drug-likeness (QED) is 0.717. The number of furan rings is 1. The monoisotopic (exact) mass is 202 g/mol. The summed E-state index contributed by atoms with van der Waals surface area (Å²) in [6, 6.07) is 10.8. The molecule has 0 saturated carbocycles. The Kier molecular flexibility index (Phi) is 2.54. The highest BCUT2D eigenvalue weighted by Gasteiger charge is 2.04. The molecule has 0 spiro atoms. The number of benzene rings is 1. The van der Waals surface area contributed by atoms with Crippen LogP contribution in [0.15, 0.2) is 40.8 Å². The molecule has 3 heteroatoms. The zero-order valence-electron chi connectivity index (χ0n) is 8.27. The van der Waals surface area contributed by atoms with Crippen molar-refractivity contribution in [2.24, 2.45) is 0 Å². The molecule has 0 atom stereocenters. The van der Waals surface area contributed by atoms with Gasteiger partial charge in [0.2, 0.25) is 0 Å². The van der Waals surface area contributed by atoms with Crippen LogP contribution in [0.25, 0.3) is 0 Å². The molecule has 0 amide bonds. The molecule has 0 radical (unpaired) electrons. The van der Waals surface area contributed by atoms with Crippen molar-refractivity contribution in [3.05, 3.63) is 47.7 Å². The maximum absolute atomic E-state index is 10.4. The van der Waals surface area contributed by atoms with Gasteiger partial charge in [-0.15, -0.1) is 0 Å². The third kappa shape index (κ3) is 2.07. The van der Waals surface area contributed by atoms with Crippen molar-refractivity contribution in [2.45, 2.75) is 6.92 Å². The molecule has 0 bridgehead atoms. The van der Waals surface area contributed by atoms with E-state index in [1.54, 1.807) is 12.1 Å². The highest BCUT2D eigenvalue weighted by atomic mass is 16.6. The van der Waals surface area contributed by atoms with Gasteiger partial charge in [0, 0.05) is 6.07 Å². The summed E-state index contributed by atoms with van der Waals surface area (Å²) in [5, 5.41) is 0. The predicted octanol–water partition coefficient (Wildman–Crippen LogP) is 3.19. The SMILES string of the molecule is Cc1ccccc1Oc1ccc(C=O)o1. The Morgan fingerprint density at radius 1 is 1.20 bits per heavy atom. The largest absolute Gasteiger partial charge is 0.426 e. The molecule has 0 aliphatic heterocycles. The summed E-state index contributed by atoms with van der Waals surface area (Å²) in [5.74, 6) is 1.31. The standard InChI is InChI=1S/C12H10O3/c1-9-4-2-3-5-11(9)15-12-7-6-10(8-13)14-12/h2-8H,1H3. The van der Waals surface area contributed by atoms with Gasteiger partial charge in [0.05, 0.1) is 0 Å². The molecule has 1 aromatic carbocycles. The van der Waals surface area contributed by atoms with Gasteiger partial charge >= 0.3 is 0 Å². The lowest BCUT2D eigenvalue weighted by atomic mass is 10.2. The first-order valence-corrected chi connectivity index (χ1v) is 4.58. The number of carbonyl (C=O) groups is 1. The van der Waals surface area contributed by atoms with E-state index in [1.165, 1.54) is 0 Å². The van der Waals surface area contributed by atoms with Crippen molar-refractivity contribution in [3.63, 3.8) is 0 Å². The van der Waals surface area contributed by atoms with Crippen molar-refractivity contribution in [2.75, 3.05) is 0 Å². The molecule has 0 N–H and O–H groups in total. The average Bonchev–Trinajstić information content (AvgIpc) is 2.69. The van der Waals surface area contributed by atoms with E-state index in [1.807, 2.05) is 31.2 Å². The zero-order valence-corrected chi connectivity index (χ0v) is 8.27. The van der Waals surface area contributed by atoms with Crippen LogP contribution in [0.5, 0.6) is 11.7 Å². The molecular weight excluding hydrogens is 192 g/mol. The van der Waals surface area contributed by atoms with Gasteiger partial charge in [-0.05, 0) is 24.6 Å². The van der Waals surface area contributed by atoms with Gasteiger partial charge in [0.15, 0.2) is 12.0 Å². The number of para-hydroxylation sites is 1. The maximum atomic E-state index is 10.4. The summed E-state index contributed by atoms with van der Waals surface area (Å²) in [6.45, 7) is 1.94. The van der Waals surface area contributed by atoms with Crippen LogP contribution in [0.1, 0.15) is 16.1 Å². The summed E-state index contributed by atoms with van der Waals surface area (Å²) >= 11 is 0. The van der Waals surface area contributed by atoms with E-state index in [0.717, 1.165) is 11.3 Å². The second kappa shape index (κ2) is 4.00. The third-order valence-corrected chi connectivity index (χ3v) is 2.02. The first-order valence-electron chi connectivity index (χ1n) is 4.58. The Morgan fingerprint density at radius 2 is 2.00 bits per heavy atom. The number of hydrogen-bond donors (Lipinski definition) is 0. The lowest BCUT2D eigenvalue weighted by molar-refractivity contribution is 0.109. The Balaban J connectivity index is 2.22. The Morgan fingerprint density at radius 3 is 2.67 bits per heavy atom. The van der Waals surface area contributed by atoms with E-state index in [2.05, 4.69) is 0 Å². The predicted molar refractivity (Wildman–Crippen MR) is 55.3 cm³/mol. The molecule has 1 aromatic heterocycles. The molecule has 1 heterocycles. The number of aryl methyl sites for hydroxylation is 1. The van der Waals surface area contributed by atoms with Crippen LogP contribution in [0.3, 0.4) is 0 Å². The highest BCUT2D eigenvalue weighted by molar-refractivity contribution is 5.70. The van der Waals surface area contributed by atoms with E-state index in [9.17, 15) is 4.79 Å². The van der Waals surface area contributed by atoms with Crippen LogP contribution in [0.4, 0.5) is 0 Å². The summed E-state index contributed by atoms with van der Waals surface area (Å²) in [6.07, 6.45) is 0.644. The third-order valence-electron chi connectivity index (χ3n) is 2.02. The minimum Gasteiger partial charge on any atom is -0.426 e. The fourth-order valence-electron chi connectivity index (χ4n) is 1.23. The second-order valence-corrected chi connectivity index (χ2v) is 3.14. The van der Waals surface area contributed by atoms with Crippen LogP contribution >= 0.6 is 0 Å². The van der Waals surface area contributed by atoms with Crippen molar-refractivity contribution < 1.29 is 13.9 Å². The minimum atomic E-state index is 0.263. The molecule has 3 nitrogen and oxygen atoms in total. The van der Waals surface area contributed by atoms with Gasteiger partial charge in [-0.2, -0.15) is 0 Å². The summed E-state index contributed by atoms with van der Waals surface area (Å²) in [4.78, 5) is 10.4. The highest BCUT2D eigenvalue weighted by Crippen LogP contribution is 2.25. The van der Waals surface area contributed by atoms with Crippen LogP contribution in [0.2, 0.25) is 0 Å². The van der Waals surface area contributed by atoms with Gasteiger partial charge in [-0.3, -0.25) is 4.79 Å². The smallest absolute Gasteiger partial charge is 0.290 e. The fraction of sp³-hybridized carbons (Fsp3) is 0.0833.